The van der Waals surface area contributed by atoms with Crippen molar-refractivity contribution in [2.24, 2.45) is 0 Å². The molecule has 0 spiro atoms. The largest absolute Gasteiger partial charge is 0.385 e. The van der Waals surface area contributed by atoms with Crippen LogP contribution in [0.5, 0.6) is 0 Å². The van der Waals surface area contributed by atoms with Gasteiger partial charge >= 0.3 is 0 Å². The number of hydrogen-bond donors (Lipinski definition) is 1. The molecule has 1 unspecified atom stereocenters. The molecule has 5 heteroatoms. The van der Waals surface area contributed by atoms with Gasteiger partial charge in [-0.3, -0.25) is 0 Å². The second-order valence-electron chi connectivity index (χ2n) is 4.09. The molecule has 0 saturated heterocycles. The Morgan fingerprint density at radius 3 is 3.06 bits per heavy atom. The highest BCUT2D eigenvalue weighted by molar-refractivity contribution is 7.15. The molecule has 0 saturated carbocycles. The summed E-state index contributed by atoms with van der Waals surface area (Å²) in [6.45, 7) is 2.93. The Bertz CT molecular complexity index is 517. The molecule has 0 aromatic carbocycles. The Morgan fingerprint density at radius 2 is 2.38 bits per heavy atom. The van der Waals surface area contributed by atoms with Gasteiger partial charge in [-0.2, -0.15) is 0 Å². The summed E-state index contributed by atoms with van der Waals surface area (Å²) in [5, 5.41) is 14.2. The van der Waals surface area contributed by atoms with Crippen LogP contribution in [0.3, 0.4) is 0 Å². The fourth-order valence-corrected chi connectivity index (χ4v) is 2.78. The van der Waals surface area contributed by atoms with Crippen LogP contribution < -0.4 is 0 Å². The van der Waals surface area contributed by atoms with Crippen LogP contribution in [-0.2, 0) is 6.54 Å². The molecular formula is C11H13N3OS. The molecular weight excluding hydrogens is 222 g/mol. The monoisotopic (exact) mass is 235 g/mol. The molecule has 3 heterocycles. The van der Waals surface area contributed by atoms with Gasteiger partial charge in [-0.1, -0.05) is 0 Å². The number of aryl methyl sites for hydroxylation is 2. The summed E-state index contributed by atoms with van der Waals surface area (Å²) in [7, 11) is 0. The lowest BCUT2D eigenvalue weighted by molar-refractivity contribution is 0.130. The van der Waals surface area contributed by atoms with Crippen LogP contribution in [0, 0.1) is 6.92 Å². The molecule has 0 bridgehead atoms. The van der Waals surface area contributed by atoms with Crippen LogP contribution in [0.2, 0.25) is 0 Å². The van der Waals surface area contributed by atoms with E-state index >= 15 is 0 Å². The average Bonchev–Trinajstić information content (AvgIpc) is 2.84. The lowest BCUT2D eigenvalue weighted by Gasteiger charge is -2.16. The van der Waals surface area contributed by atoms with Crippen LogP contribution >= 0.6 is 11.3 Å². The van der Waals surface area contributed by atoms with Gasteiger partial charge in [0.05, 0.1) is 4.88 Å². The van der Waals surface area contributed by atoms with Gasteiger partial charge in [0.15, 0.2) is 11.6 Å². The third kappa shape index (κ3) is 1.56. The van der Waals surface area contributed by atoms with Gasteiger partial charge in [-0.05, 0) is 31.9 Å². The lowest BCUT2D eigenvalue weighted by Crippen LogP contribution is -2.16. The topological polar surface area (TPSA) is 50.9 Å². The van der Waals surface area contributed by atoms with E-state index in [0.717, 1.165) is 30.1 Å². The van der Waals surface area contributed by atoms with E-state index < -0.39 is 6.10 Å². The quantitative estimate of drug-likeness (QED) is 0.824. The SMILES string of the molecule is Cc1ccc(-c2nc3n(n2)CCCC3O)s1. The van der Waals surface area contributed by atoms with E-state index in [2.05, 4.69) is 23.1 Å². The highest BCUT2D eigenvalue weighted by Crippen LogP contribution is 2.29. The van der Waals surface area contributed by atoms with Crippen molar-refractivity contribution >= 4 is 11.3 Å². The number of aliphatic hydroxyl groups is 1. The minimum Gasteiger partial charge on any atom is -0.385 e. The molecule has 1 N–H and O–H groups in total. The minimum atomic E-state index is -0.448. The van der Waals surface area contributed by atoms with Crippen LogP contribution in [0.4, 0.5) is 0 Å². The zero-order valence-electron chi connectivity index (χ0n) is 9.05. The highest BCUT2D eigenvalue weighted by Gasteiger charge is 2.22. The molecule has 4 nitrogen and oxygen atoms in total. The number of rotatable bonds is 1. The molecule has 3 rings (SSSR count). The van der Waals surface area contributed by atoms with E-state index in [1.54, 1.807) is 11.3 Å². The second-order valence-corrected chi connectivity index (χ2v) is 5.37. The van der Waals surface area contributed by atoms with Gasteiger partial charge < -0.3 is 5.11 Å². The van der Waals surface area contributed by atoms with Crippen molar-refractivity contribution in [1.82, 2.24) is 14.8 Å². The summed E-state index contributed by atoms with van der Waals surface area (Å²) in [5.74, 6) is 1.46. The maximum Gasteiger partial charge on any atom is 0.191 e. The van der Waals surface area contributed by atoms with Crippen molar-refractivity contribution < 1.29 is 5.11 Å². The third-order valence-electron chi connectivity index (χ3n) is 2.81. The standard InChI is InChI=1S/C11H13N3OS/c1-7-4-5-9(16-7)10-12-11-8(15)3-2-6-14(11)13-10/h4-5,8,15H,2-3,6H2,1H3. The van der Waals surface area contributed by atoms with Crippen molar-refractivity contribution in [2.75, 3.05) is 0 Å². The van der Waals surface area contributed by atoms with Crippen molar-refractivity contribution in [1.29, 1.82) is 0 Å². The van der Waals surface area contributed by atoms with Gasteiger partial charge in [0.1, 0.15) is 6.10 Å². The number of hydrogen-bond acceptors (Lipinski definition) is 4. The van der Waals surface area contributed by atoms with Crippen molar-refractivity contribution in [3.05, 3.63) is 22.8 Å². The molecule has 0 amide bonds. The zero-order valence-corrected chi connectivity index (χ0v) is 9.87. The van der Waals surface area contributed by atoms with Crippen LogP contribution in [-0.4, -0.2) is 19.9 Å². The lowest BCUT2D eigenvalue weighted by atomic mass is 10.1. The molecule has 0 radical (unpaired) electrons. The van der Waals surface area contributed by atoms with Crippen molar-refractivity contribution in [3.63, 3.8) is 0 Å². The summed E-state index contributed by atoms with van der Waals surface area (Å²) in [5.41, 5.74) is 0. The predicted octanol–water partition coefficient (Wildman–Crippen LogP) is 2.14. The van der Waals surface area contributed by atoms with E-state index in [-0.39, 0.29) is 0 Å². The second kappa shape index (κ2) is 3.68. The summed E-state index contributed by atoms with van der Waals surface area (Å²) in [6, 6.07) is 4.10. The minimum absolute atomic E-state index is 0.448. The number of nitrogens with zero attached hydrogens (tertiary/aromatic N) is 3. The smallest absolute Gasteiger partial charge is 0.191 e. The first-order chi connectivity index (χ1) is 7.74. The predicted molar refractivity (Wildman–Crippen MR) is 62.3 cm³/mol. The van der Waals surface area contributed by atoms with Gasteiger partial charge in [0, 0.05) is 11.4 Å². The number of thiophene rings is 1. The Balaban J connectivity index is 2.04. The Morgan fingerprint density at radius 1 is 1.50 bits per heavy atom. The molecule has 1 atom stereocenters. The molecule has 1 aliphatic rings. The van der Waals surface area contributed by atoms with Crippen molar-refractivity contribution in [3.8, 4) is 10.7 Å². The number of aliphatic hydroxyl groups excluding tert-OH is 1. The molecule has 1 aliphatic heterocycles. The first-order valence-corrected chi connectivity index (χ1v) is 6.25. The van der Waals surface area contributed by atoms with Gasteiger partial charge in [-0.15, -0.1) is 16.4 Å². The van der Waals surface area contributed by atoms with E-state index in [0.29, 0.717) is 5.82 Å². The van der Waals surface area contributed by atoms with E-state index in [4.69, 9.17) is 0 Å². The van der Waals surface area contributed by atoms with E-state index in [1.165, 1.54) is 4.88 Å². The van der Waals surface area contributed by atoms with Crippen molar-refractivity contribution in [2.45, 2.75) is 32.4 Å². The maximum atomic E-state index is 9.81. The summed E-state index contributed by atoms with van der Waals surface area (Å²) >= 11 is 1.69. The molecule has 0 fully saturated rings. The first-order valence-electron chi connectivity index (χ1n) is 5.43. The Kier molecular flexibility index (Phi) is 2.29. The fraction of sp³-hybridized carbons (Fsp3) is 0.455. The van der Waals surface area contributed by atoms with E-state index in [9.17, 15) is 5.11 Å². The molecule has 2 aromatic rings. The summed E-state index contributed by atoms with van der Waals surface area (Å²) in [6.07, 6.45) is 1.32. The first kappa shape index (κ1) is 9.99. The van der Waals surface area contributed by atoms with Gasteiger partial charge in [-0.25, -0.2) is 9.67 Å². The average molecular weight is 235 g/mol. The van der Waals surface area contributed by atoms with Gasteiger partial charge in [0.25, 0.3) is 0 Å². The highest BCUT2D eigenvalue weighted by atomic mass is 32.1. The zero-order chi connectivity index (χ0) is 11.1. The Hall–Kier alpha value is -1.20. The number of aromatic nitrogens is 3. The fourth-order valence-electron chi connectivity index (χ4n) is 1.99. The number of fused-ring (bicyclic) bond motifs is 1. The van der Waals surface area contributed by atoms with Gasteiger partial charge in [0.2, 0.25) is 0 Å². The van der Waals surface area contributed by atoms with Crippen LogP contribution in [0.15, 0.2) is 12.1 Å². The van der Waals surface area contributed by atoms with Crippen LogP contribution in [0.1, 0.15) is 29.6 Å². The third-order valence-corrected chi connectivity index (χ3v) is 3.80. The molecule has 0 aliphatic carbocycles. The summed E-state index contributed by atoms with van der Waals surface area (Å²) < 4.78 is 1.83. The summed E-state index contributed by atoms with van der Waals surface area (Å²) in [4.78, 5) is 6.76. The molecule has 2 aromatic heterocycles. The van der Waals surface area contributed by atoms with E-state index in [1.807, 2.05) is 10.7 Å². The normalized spacial score (nSPS) is 19.8. The maximum absolute atomic E-state index is 9.81. The molecule has 84 valence electrons. The molecule has 16 heavy (non-hydrogen) atoms. The Labute approximate surface area is 97.6 Å². The van der Waals surface area contributed by atoms with Crippen LogP contribution in [0.25, 0.3) is 10.7 Å².